The lowest BCUT2D eigenvalue weighted by Crippen LogP contribution is -2.38. The summed E-state index contributed by atoms with van der Waals surface area (Å²) in [5.74, 6) is 0.00769. The first kappa shape index (κ1) is 20.2. The molecule has 2 unspecified atom stereocenters. The molecule has 0 radical (unpaired) electrons. The molecule has 0 saturated heterocycles. The van der Waals surface area contributed by atoms with Crippen LogP contribution in [0.5, 0.6) is 0 Å². The van der Waals surface area contributed by atoms with Crippen LogP contribution >= 0.6 is 0 Å². The molecule has 4 heteroatoms. The average molecular weight is 386 g/mol. The number of nitrogens with zero attached hydrogens (tertiary/aromatic N) is 1. The van der Waals surface area contributed by atoms with Crippen molar-refractivity contribution in [3.63, 3.8) is 0 Å². The van der Waals surface area contributed by atoms with Crippen LogP contribution in [0.2, 0.25) is 25.7 Å². The summed E-state index contributed by atoms with van der Waals surface area (Å²) in [4.78, 5) is 2.19. The lowest BCUT2D eigenvalue weighted by molar-refractivity contribution is 0.0993. The number of rotatable bonds is 5. The number of halogens is 1. The van der Waals surface area contributed by atoms with Crippen LogP contribution in [-0.4, -0.2) is 38.7 Å². The molecule has 0 saturated carbocycles. The van der Waals surface area contributed by atoms with E-state index in [2.05, 4.69) is 44.7 Å². The van der Waals surface area contributed by atoms with E-state index in [-0.39, 0.29) is 11.7 Å². The van der Waals surface area contributed by atoms with Gasteiger partial charge in [0.15, 0.2) is 0 Å². The summed E-state index contributed by atoms with van der Waals surface area (Å²) >= 11 is 0. The molecule has 1 aliphatic rings. The summed E-state index contributed by atoms with van der Waals surface area (Å²) < 4.78 is 14.3. The normalized spacial score (nSPS) is 22.3. The number of hydrogen-bond donors (Lipinski definition) is 1. The van der Waals surface area contributed by atoms with Gasteiger partial charge in [0.05, 0.1) is 0 Å². The van der Waals surface area contributed by atoms with Crippen molar-refractivity contribution in [1.82, 2.24) is 4.90 Å². The highest BCUT2D eigenvalue weighted by atomic mass is 28.3. The number of benzene rings is 2. The summed E-state index contributed by atoms with van der Waals surface area (Å²) in [6.45, 7) is 7.76. The van der Waals surface area contributed by atoms with Crippen LogP contribution in [-0.2, 0) is 12.0 Å². The Hall–Kier alpha value is -1.49. The van der Waals surface area contributed by atoms with Crippen molar-refractivity contribution in [1.29, 1.82) is 0 Å². The quantitative estimate of drug-likeness (QED) is 0.733. The molecular formula is C23H32FNOSi. The van der Waals surface area contributed by atoms with Gasteiger partial charge in [0.25, 0.3) is 0 Å². The highest BCUT2D eigenvalue weighted by molar-refractivity contribution is 6.76. The second kappa shape index (κ2) is 7.49. The Labute approximate surface area is 164 Å². The van der Waals surface area contributed by atoms with E-state index in [9.17, 15) is 9.50 Å². The molecule has 146 valence electrons. The third-order valence-corrected chi connectivity index (χ3v) is 7.11. The predicted octanol–water partition coefficient (Wildman–Crippen LogP) is 4.99. The topological polar surface area (TPSA) is 23.5 Å². The van der Waals surface area contributed by atoms with Gasteiger partial charge in [0.1, 0.15) is 11.4 Å². The Balaban J connectivity index is 2.22. The van der Waals surface area contributed by atoms with Crippen molar-refractivity contribution in [2.75, 3.05) is 20.6 Å². The number of fused-ring (bicyclic) bond motifs is 2. The van der Waals surface area contributed by atoms with Crippen LogP contribution in [0.25, 0.3) is 0 Å². The van der Waals surface area contributed by atoms with Gasteiger partial charge in [0.2, 0.25) is 0 Å². The standard InChI is InChI=1S/C23H32FNOSi/c1-25(2)13-12-17-14-18-8-6-7-9-21(18)23(26,16-27(3,4)5)22-15-19(24)10-11-20(17)22/h6-11,15,17,26H,12-14,16H2,1-5H3. The van der Waals surface area contributed by atoms with Crippen LogP contribution in [0.15, 0.2) is 42.5 Å². The minimum atomic E-state index is -1.63. The summed E-state index contributed by atoms with van der Waals surface area (Å²) in [7, 11) is 2.53. The molecule has 0 bridgehead atoms. The van der Waals surface area contributed by atoms with E-state index in [1.807, 2.05) is 24.3 Å². The Morgan fingerprint density at radius 2 is 1.81 bits per heavy atom. The van der Waals surface area contributed by atoms with Gasteiger partial charge in [-0.3, -0.25) is 0 Å². The second-order valence-electron chi connectivity index (χ2n) is 9.48. The molecule has 2 atom stereocenters. The van der Waals surface area contributed by atoms with Crippen molar-refractivity contribution >= 4 is 8.07 Å². The van der Waals surface area contributed by atoms with Crippen LogP contribution in [0.4, 0.5) is 4.39 Å². The summed E-state index contributed by atoms with van der Waals surface area (Å²) in [5, 5.41) is 12.1. The maximum atomic E-state index is 14.3. The minimum absolute atomic E-state index is 0.270. The highest BCUT2D eigenvalue weighted by Crippen LogP contribution is 2.46. The molecule has 0 spiro atoms. The van der Waals surface area contributed by atoms with E-state index >= 15 is 0 Å². The Morgan fingerprint density at radius 1 is 1.11 bits per heavy atom. The number of hydrogen-bond acceptors (Lipinski definition) is 2. The van der Waals surface area contributed by atoms with E-state index in [1.54, 1.807) is 12.1 Å². The van der Waals surface area contributed by atoms with Gasteiger partial charge in [-0.1, -0.05) is 50.0 Å². The fourth-order valence-electron chi connectivity index (χ4n) is 4.49. The molecule has 2 nitrogen and oxygen atoms in total. The number of aliphatic hydroxyl groups is 1. The van der Waals surface area contributed by atoms with Gasteiger partial charge in [-0.25, -0.2) is 4.39 Å². The van der Waals surface area contributed by atoms with Crippen molar-refractivity contribution in [3.05, 3.63) is 70.5 Å². The minimum Gasteiger partial charge on any atom is -0.381 e. The first-order valence-electron chi connectivity index (χ1n) is 9.85. The van der Waals surface area contributed by atoms with Gasteiger partial charge >= 0.3 is 0 Å². The van der Waals surface area contributed by atoms with Crippen molar-refractivity contribution in [3.8, 4) is 0 Å². The van der Waals surface area contributed by atoms with E-state index in [0.29, 0.717) is 6.04 Å². The molecule has 0 heterocycles. The Morgan fingerprint density at radius 3 is 2.48 bits per heavy atom. The largest absolute Gasteiger partial charge is 0.381 e. The van der Waals surface area contributed by atoms with E-state index in [4.69, 9.17) is 0 Å². The predicted molar refractivity (Wildman–Crippen MR) is 114 cm³/mol. The van der Waals surface area contributed by atoms with E-state index in [0.717, 1.165) is 36.1 Å². The molecular weight excluding hydrogens is 353 g/mol. The molecule has 2 aromatic rings. The zero-order chi connectivity index (χ0) is 19.8. The molecule has 0 fully saturated rings. The van der Waals surface area contributed by atoms with Crippen LogP contribution in [0, 0.1) is 5.82 Å². The van der Waals surface area contributed by atoms with Crippen molar-refractivity contribution in [2.24, 2.45) is 0 Å². The van der Waals surface area contributed by atoms with Crippen LogP contribution < -0.4 is 0 Å². The molecule has 0 aromatic heterocycles. The fourth-order valence-corrected chi connectivity index (χ4v) is 6.41. The summed E-state index contributed by atoms with van der Waals surface area (Å²) in [5.41, 5.74) is 2.92. The SMILES string of the molecule is CN(C)CCC1Cc2ccccc2C(O)(C[Si](C)(C)C)c2cc(F)ccc21. The van der Waals surface area contributed by atoms with Gasteiger partial charge < -0.3 is 10.0 Å². The van der Waals surface area contributed by atoms with Gasteiger partial charge in [0, 0.05) is 8.07 Å². The average Bonchev–Trinajstić information content (AvgIpc) is 2.66. The van der Waals surface area contributed by atoms with Crippen molar-refractivity contribution < 1.29 is 9.50 Å². The zero-order valence-electron chi connectivity index (χ0n) is 17.2. The van der Waals surface area contributed by atoms with E-state index in [1.165, 1.54) is 5.56 Å². The zero-order valence-corrected chi connectivity index (χ0v) is 18.2. The Bertz CT molecular complexity index is 814. The van der Waals surface area contributed by atoms with Crippen molar-refractivity contribution in [2.45, 2.75) is 50.0 Å². The first-order valence-corrected chi connectivity index (χ1v) is 13.6. The lowest BCUT2D eigenvalue weighted by Gasteiger charge is -2.36. The maximum absolute atomic E-state index is 14.3. The van der Waals surface area contributed by atoms with Gasteiger partial charge in [-0.15, -0.1) is 0 Å². The molecule has 0 amide bonds. The highest BCUT2D eigenvalue weighted by Gasteiger charge is 2.42. The maximum Gasteiger partial charge on any atom is 0.123 e. The molecule has 0 aliphatic heterocycles. The smallest absolute Gasteiger partial charge is 0.123 e. The molecule has 3 rings (SSSR count). The molecule has 1 aliphatic carbocycles. The lowest BCUT2D eigenvalue weighted by atomic mass is 9.83. The van der Waals surface area contributed by atoms with Crippen LogP contribution in [0.3, 0.4) is 0 Å². The van der Waals surface area contributed by atoms with Gasteiger partial charge in [-0.2, -0.15) is 0 Å². The van der Waals surface area contributed by atoms with E-state index < -0.39 is 13.7 Å². The fraction of sp³-hybridized carbons (Fsp3) is 0.478. The molecule has 2 aromatic carbocycles. The molecule has 27 heavy (non-hydrogen) atoms. The summed E-state index contributed by atoms with van der Waals surface area (Å²) in [6.07, 6.45) is 1.87. The third-order valence-electron chi connectivity index (χ3n) is 5.54. The third kappa shape index (κ3) is 4.34. The second-order valence-corrected chi connectivity index (χ2v) is 15.0. The van der Waals surface area contributed by atoms with Gasteiger partial charge in [-0.05, 0) is 79.8 Å². The Kier molecular flexibility index (Phi) is 5.62. The van der Waals surface area contributed by atoms with Crippen LogP contribution in [0.1, 0.15) is 34.6 Å². The summed E-state index contributed by atoms with van der Waals surface area (Å²) in [6, 6.07) is 13.9. The molecule has 1 N–H and O–H groups in total. The monoisotopic (exact) mass is 385 g/mol. The first-order chi connectivity index (χ1) is 12.6.